The second-order valence-electron chi connectivity index (χ2n) is 9.63. The number of carbonyl (C=O) groups excluding carboxylic acids is 1. The molecule has 0 aliphatic heterocycles. The first-order chi connectivity index (χ1) is 11.7. The normalized spacial score (nSPS) is 38.4. The molecule has 4 aliphatic rings. The van der Waals surface area contributed by atoms with Gasteiger partial charge in [0.15, 0.2) is 5.11 Å². The lowest BCUT2D eigenvalue weighted by molar-refractivity contribution is -0.168. The molecule has 4 fully saturated rings. The third kappa shape index (κ3) is 2.99. The molecule has 1 aromatic carbocycles. The highest BCUT2D eigenvalue weighted by molar-refractivity contribution is 7.80. The number of hydrogen-bond donors (Lipinski definition) is 2. The minimum Gasteiger partial charge on any atom is -0.332 e. The second kappa shape index (κ2) is 5.54. The molecule has 4 saturated carbocycles. The van der Waals surface area contributed by atoms with E-state index in [1.54, 1.807) is 0 Å². The van der Waals surface area contributed by atoms with E-state index in [0.717, 1.165) is 30.5 Å². The summed E-state index contributed by atoms with van der Waals surface area (Å²) in [7, 11) is 0. The molecule has 0 radical (unpaired) electrons. The minimum atomic E-state index is -0.222. The van der Waals surface area contributed by atoms with Crippen LogP contribution in [0.4, 0.5) is 5.69 Å². The van der Waals surface area contributed by atoms with Crippen LogP contribution < -0.4 is 10.6 Å². The Morgan fingerprint density at radius 1 is 1.08 bits per heavy atom. The van der Waals surface area contributed by atoms with Gasteiger partial charge < -0.3 is 10.6 Å². The fourth-order valence-electron chi connectivity index (χ4n) is 6.80. The maximum absolute atomic E-state index is 13.2. The number of para-hydroxylation sites is 1. The number of amides is 1. The number of carbonyl (C=O) groups is 1. The molecule has 0 spiro atoms. The molecule has 4 heteroatoms. The molecule has 4 aliphatic carbocycles. The lowest BCUT2D eigenvalue weighted by Gasteiger charge is -2.64. The fourth-order valence-corrected chi connectivity index (χ4v) is 7.01. The van der Waals surface area contributed by atoms with Gasteiger partial charge >= 0.3 is 0 Å². The predicted molar refractivity (Wildman–Crippen MR) is 105 cm³/mol. The van der Waals surface area contributed by atoms with Crippen LogP contribution >= 0.6 is 12.2 Å². The van der Waals surface area contributed by atoms with E-state index in [4.69, 9.17) is 12.2 Å². The number of nitrogens with one attached hydrogen (secondary N) is 2. The van der Waals surface area contributed by atoms with Gasteiger partial charge in [0.25, 0.3) is 0 Å². The van der Waals surface area contributed by atoms with Gasteiger partial charge in [-0.3, -0.25) is 4.79 Å². The quantitative estimate of drug-likeness (QED) is 0.748. The van der Waals surface area contributed by atoms with E-state index in [2.05, 4.69) is 24.5 Å². The molecule has 3 nitrogen and oxygen atoms in total. The van der Waals surface area contributed by atoms with Gasteiger partial charge in [-0.15, -0.1) is 0 Å². The zero-order valence-electron chi connectivity index (χ0n) is 15.4. The zero-order chi connectivity index (χ0) is 17.9. The molecule has 2 atom stereocenters. The number of hydrogen-bond acceptors (Lipinski definition) is 2. The molecule has 4 bridgehead atoms. The van der Waals surface area contributed by atoms with Crippen LogP contribution in [0.15, 0.2) is 24.3 Å². The lowest BCUT2D eigenvalue weighted by atomic mass is 9.40. The summed E-state index contributed by atoms with van der Waals surface area (Å²) in [6, 6.07) is 7.99. The van der Waals surface area contributed by atoms with E-state index in [0.29, 0.717) is 21.9 Å². The minimum absolute atomic E-state index is 0.139. The van der Waals surface area contributed by atoms with Crippen LogP contribution in [0.2, 0.25) is 0 Å². The Morgan fingerprint density at radius 3 is 2.32 bits per heavy atom. The number of rotatable bonds is 2. The molecule has 134 valence electrons. The number of anilines is 1. The van der Waals surface area contributed by atoms with Crippen LogP contribution in [0.3, 0.4) is 0 Å². The maximum atomic E-state index is 13.2. The van der Waals surface area contributed by atoms with Crippen molar-refractivity contribution in [3.05, 3.63) is 29.8 Å². The molecular formula is C21H28N2OS. The van der Waals surface area contributed by atoms with E-state index in [-0.39, 0.29) is 11.3 Å². The summed E-state index contributed by atoms with van der Waals surface area (Å²) >= 11 is 5.44. The number of benzene rings is 1. The zero-order valence-corrected chi connectivity index (χ0v) is 16.3. The molecule has 2 N–H and O–H groups in total. The fraction of sp³-hybridized carbons (Fsp3) is 0.619. The van der Waals surface area contributed by atoms with Gasteiger partial charge in [0.05, 0.1) is 5.41 Å². The third-order valence-corrected chi connectivity index (χ3v) is 6.93. The highest BCUT2D eigenvalue weighted by Crippen LogP contribution is 2.69. The summed E-state index contributed by atoms with van der Waals surface area (Å²) in [6.45, 7) is 6.82. The van der Waals surface area contributed by atoms with E-state index in [1.165, 1.54) is 19.3 Å². The summed E-state index contributed by atoms with van der Waals surface area (Å²) in [4.78, 5) is 13.2. The standard InChI is InChI=1S/C21H28N2OS/c1-14-6-4-5-7-16(14)22-18(25)23-17(24)21-10-15-8-19(2,12-21)11-20(3,9-15)13-21/h4-7,15H,8-13H2,1-3H3,(H2,22,23,24,25)/t15?,19-,20-,21?/m0/s1. The van der Waals surface area contributed by atoms with Gasteiger partial charge in [-0.1, -0.05) is 32.0 Å². The van der Waals surface area contributed by atoms with Crippen molar-refractivity contribution in [2.75, 3.05) is 5.32 Å². The first kappa shape index (κ1) is 17.0. The summed E-state index contributed by atoms with van der Waals surface area (Å²) in [5, 5.41) is 6.64. The number of thiocarbonyl (C=S) groups is 1. The Labute approximate surface area is 156 Å². The molecule has 1 amide bonds. The predicted octanol–water partition coefficient (Wildman–Crippen LogP) is 4.80. The topological polar surface area (TPSA) is 41.1 Å². The Kier molecular flexibility index (Phi) is 3.77. The van der Waals surface area contributed by atoms with Crippen molar-refractivity contribution in [1.82, 2.24) is 5.32 Å². The van der Waals surface area contributed by atoms with Gasteiger partial charge in [-0.25, -0.2) is 0 Å². The van der Waals surface area contributed by atoms with Gasteiger partial charge in [0, 0.05) is 5.69 Å². The Hall–Kier alpha value is -1.42. The van der Waals surface area contributed by atoms with Crippen LogP contribution in [0, 0.1) is 29.1 Å². The van der Waals surface area contributed by atoms with Crippen LogP contribution in [-0.2, 0) is 4.79 Å². The summed E-state index contributed by atoms with van der Waals surface area (Å²) in [6.07, 6.45) is 6.94. The molecule has 0 unspecified atom stereocenters. The molecule has 1 aromatic rings. The van der Waals surface area contributed by atoms with Crippen LogP contribution in [0.5, 0.6) is 0 Å². The van der Waals surface area contributed by atoms with Crippen molar-refractivity contribution >= 4 is 28.9 Å². The lowest BCUT2D eigenvalue weighted by Crippen LogP contribution is -2.60. The smallest absolute Gasteiger partial charge is 0.232 e. The Bertz CT molecular complexity index is 725. The van der Waals surface area contributed by atoms with Gasteiger partial charge in [0.2, 0.25) is 5.91 Å². The summed E-state index contributed by atoms with van der Waals surface area (Å²) in [5.74, 6) is 0.843. The van der Waals surface area contributed by atoms with Gasteiger partial charge in [-0.2, -0.15) is 0 Å². The highest BCUT2D eigenvalue weighted by atomic mass is 32.1. The van der Waals surface area contributed by atoms with Crippen molar-refractivity contribution in [2.45, 2.75) is 59.3 Å². The second-order valence-corrected chi connectivity index (χ2v) is 10.0. The van der Waals surface area contributed by atoms with Gasteiger partial charge in [-0.05, 0) is 86.0 Å². The average Bonchev–Trinajstić information content (AvgIpc) is 2.45. The van der Waals surface area contributed by atoms with Crippen molar-refractivity contribution < 1.29 is 4.79 Å². The molecular weight excluding hydrogens is 328 g/mol. The molecule has 25 heavy (non-hydrogen) atoms. The summed E-state index contributed by atoms with van der Waals surface area (Å²) in [5.41, 5.74) is 2.51. The van der Waals surface area contributed by atoms with E-state index in [1.807, 2.05) is 31.2 Å². The van der Waals surface area contributed by atoms with Crippen LogP contribution in [-0.4, -0.2) is 11.0 Å². The van der Waals surface area contributed by atoms with Gasteiger partial charge in [0.1, 0.15) is 0 Å². The Morgan fingerprint density at radius 2 is 1.72 bits per heavy atom. The average molecular weight is 357 g/mol. The van der Waals surface area contributed by atoms with E-state index in [9.17, 15) is 4.79 Å². The third-order valence-electron chi connectivity index (χ3n) is 6.73. The first-order valence-electron chi connectivity index (χ1n) is 9.39. The van der Waals surface area contributed by atoms with E-state index < -0.39 is 0 Å². The largest absolute Gasteiger partial charge is 0.332 e. The molecule has 0 heterocycles. The highest BCUT2D eigenvalue weighted by Gasteiger charge is 2.62. The first-order valence-corrected chi connectivity index (χ1v) is 9.80. The van der Waals surface area contributed by atoms with Crippen molar-refractivity contribution in [1.29, 1.82) is 0 Å². The monoisotopic (exact) mass is 356 g/mol. The molecule has 5 rings (SSSR count). The van der Waals surface area contributed by atoms with Crippen molar-refractivity contribution in [2.24, 2.45) is 22.2 Å². The number of aryl methyl sites for hydroxylation is 1. The molecule has 0 saturated heterocycles. The Balaban J connectivity index is 1.50. The molecule has 0 aromatic heterocycles. The van der Waals surface area contributed by atoms with Crippen molar-refractivity contribution in [3.8, 4) is 0 Å². The van der Waals surface area contributed by atoms with E-state index >= 15 is 0 Å². The maximum Gasteiger partial charge on any atom is 0.232 e. The van der Waals surface area contributed by atoms with Crippen LogP contribution in [0.25, 0.3) is 0 Å². The van der Waals surface area contributed by atoms with Crippen LogP contribution in [0.1, 0.15) is 57.9 Å². The SMILES string of the molecule is Cc1ccccc1NC(=S)NC(=O)C12CC3C[C@](C)(C1)C[C@](C)(C3)C2. The van der Waals surface area contributed by atoms with Crippen molar-refractivity contribution in [3.63, 3.8) is 0 Å². The summed E-state index contributed by atoms with van der Waals surface area (Å²) < 4.78 is 0.